The molecule has 1 N–H and O–H groups in total. The Labute approximate surface area is 144 Å². The van der Waals surface area contributed by atoms with Gasteiger partial charge in [-0.1, -0.05) is 74.5 Å². The number of hydrogen-bond acceptors (Lipinski definition) is 3. The molecule has 1 aromatic heterocycles. The van der Waals surface area contributed by atoms with Gasteiger partial charge in [-0.3, -0.25) is 4.98 Å². The quantitative estimate of drug-likeness (QED) is 0.674. The van der Waals surface area contributed by atoms with Crippen LogP contribution in [0, 0.1) is 0 Å². The number of aromatic nitrogens is 2. The molecule has 2 aromatic carbocycles. The van der Waals surface area contributed by atoms with Crippen molar-refractivity contribution >= 4 is 5.82 Å². The maximum absolute atomic E-state index is 4.79. The van der Waals surface area contributed by atoms with E-state index in [0.717, 1.165) is 28.3 Å². The zero-order valence-corrected chi connectivity index (χ0v) is 14.8. The first kappa shape index (κ1) is 17.7. The van der Waals surface area contributed by atoms with Gasteiger partial charge in [0, 0.05) is 17.2 Å². The molecule has 0 fully saturated rings. The lowest BCUT2D eigenvalue weighted by Gasteiger charge is -2.13. The first-order valence-corrected chi connectivity index (χ1v) is 8.48. The third-order valence-corrected chi connectivity index (χ3v) is 3.30. The Bertz CT molecular complexity index is 738. The largest absolute Gasteiger partial charge is 0.367 e. The average Bonchev–Trinajstić information content (AvgIpc) is 2.64. The molecule has 0 spiro atoms. The lowest BCUT2D eigenvalue weighted by Crippen LogP contribution is -2.12. The Morgan fingerprint density at radius 2 is 1.25 bits per heavy atom. The number of nitrogens with zero attached hydrogens (tertiary/aromatic N) is 2. The summed E-state index contributed by atoms with van der Waals surface area (Å²) in [5, 5.41) is 3.32. The van der Waals surface area contributed by atoms with Crippen molar-refractivity contribution in [3.63, 3.8) is 0 Å². The average molecular weight is 319 g/mol. The van der Waals surface area contributed by atoms with E-state index in [0.29, 0.717) is 6.04 Å². The van der Waals surface area contributed by atoms with Crippen molar-refractivity contribution in [1.82, 2.24) is 9.97 Å². The van der Waals surface area contributed by atoms with E-state index >= 15 is 0 Å². The molecule has 0 amide bonds. The van der Waals surface area contributed by atoms with Crippen molar-refractivity contribution in [3.8, 4) is 22.5 Å². The zero-order chi connectivity index (χ0) is 17.4. The highest BCUT2D eigenvalue weighted by atomic mass is 15.0. The van der Waals surface area contributed by atoms with E-state index in [1.807, 2.05) is 50.2 Å². The van der Waals surface area contributed by atoms with Crippen molar-refractivity contribution < 1.29 is 0 Å². The van der Waals surface area contributed by atoms with Crippen molar-refractivity contribution in [1.29, 1.82) is 0 Å². The minimum absolute atomic E-state index is 0.320. The molecular formula is C21H25N3. The summed E-state index contributed by atoms with van der Waals surface area (Å²) in [5.41, 5.74) is 3.95. The highest BCUT2D eigenvalue weighted by Crippen LogP contribution is 2.29. The SMILES string of the molecule is CC.CC(C)Nc1cnc(-c2ccccc2)c(-c2ccccc2)n1. The van der Waals surface area contributed by atoms with Crippen LogP contribution in [-0.2, 0) is 0 Å². The van der Waals surface area contributed by atoms with Crippen molar-refractivity contribution in [2.75, 3.05) is 5.32 Å². The molecule has 0 unspecified atom stereocenters. The second-order valence-corrected chi connectivity index (χ2v) is 5.48. The molecule has 3 rings (SSSR count). The molecule has 0 atom stereocenters. The zero-order valence-electron chi connectivity index (χ0n) is 14.8. The van der Waals surface area contributed by atoms with Gasteiger partial charge in [0.15, 0.2) is 0 Å². The number of nitrogens with one attached hydrogen (secondary N) is 1. The van der Waals surface area contributed by atoms with Crippen LogP contribution in [0.25, 0.3) is 22.5 Å². The molecule has 124 valence electrons. The van der Waals surface area contributed by atoms with E-state index in [4.69, 9.17) is 4.98 Å². The van der Waals surface area contributed by atoms with Gasteiger partial charge in [0.05, 0.1) is 17.6 Å². The Morgan fingerprint density at radius 1 is 0.750 bits per heavy atom. The monoisotopic (exact) mass is 319 g/mol. The van der Waals surface area contributed by atoms with Gasteiger partial charge in [-0.05, 0) is 13.8 Å². The van der Waals surface area contributed by atoms with Crippen LogP contribution in [0.4, 0.5) is 5.82 Å². The number of rotatable bonds is 4. The summed E-state index contributed by atoms with van der Waals surface area (Å²) in [7, 11) is 0. The first-order chi connectivity index (χ1) is 11.7. The second kappa shape index (κ2) is 8.82. The van der Waals surface area contributed by atoms with Gasteiger partial charge in [-0.25, -0.2) is 4.98 Å². The van der Waals surface area contributed by atoms with Crippen LogP contribution in [0.3, 0.4) is 0 Å². The van der Waals surface area contributed by atoms with Crippen LogP contribution in [0.2, 0.25) is 0 Å². The van der Waals surface area contributed by atoms with Gasteiger partial charge >= 0.3 is 0 Å². The van der Waals surface area contributed by atoms with E-state index in [1.165, 1.54) is 0 Å². The number of benzene rings is 2. The minimum Gasteiger partial charge on any atom is -0.367 e. The standard InChI is InChI=1S/C19H19N3.C2H6/c1-14(2)21-17-13-20-18(15-9-5-3-6-10-15)19(22-17)16-11-7-4-8-12-16;1-2/h3-14H,1-2H3,(H,21,22);1-2H3. The summed E-state index contributed by atoms with van der Waals surface area (Å²) in [6.45, 7) is 8.18. The predicted octanol–water partition coefficient (Wildman–Crippen LogP) is 5.66. The molecule has 3 nitrogen and oxygen atoms in total. The molecule has 24 heavy (non-hydrogen) atoms. The highest BCUT2D eigenvalue weighted by molar-refractivity contribution is 5.78. The predicted molar refractivity (Wildman–Crippen MR) is 103 cm³/mol. The maximum Gasteiger partial charge on any atom is 0.145 e. The molecular weight excluding hydrogens is 294 g/mol. The van der Waals surface area contributed by atoms with Crippen molar-refractivity contribution in [3.05, 3.63) is 66.9 Å². The van der Waals surface area contributed by atoms with E-state index < -0.39 is 0 Å². The molecule has 1 heterocycles. The van der Waals surface area contributed by atoms with Crippen LogP contribution >= 0.6 is 0 Å². The summed E-state index contributed by atoms with van der Waals surface area (Å²) in [4.78, 5) is 9.44. The van der Waals surface area contributed by atoms with Crippen LogP contribution in [0.5, 0.6) is 0 Å². The summed E-state index contributed by atoms with van der Waals surface area (Å²) in [6.07, 6.45) is 1.80. The summed E-state index contributed by atoms with van der Waals surface area (Å²) < 4.78 is 0. The van der Waals surface area contributed by atoms with Gasteiger partial charge < -0.3 is 5.32 Å². The van der Waals surface area contributed by atoms with Crippen LogP contribution < -0.4 is 5.32 Å². The Balaban J connectivity index is 0.00000100. The fraction of sp³-hybridized carbons (Fsp3) is 0.238. The van der Waals surface area contributed by atoms with Gasteiger partial charge in [-0.2, -0.15) is 0 Å². The molecule has 0 radical (unpaired) electrons. The van der Waals surface area contributed by atoms with Gasteiger partial charge in [0.2, 0.25) is 0 Å². The lowest BCUT2D eigenvalue weighted by atomic mass is 10.0. The third-order valence-electron chi connectivity index (χ3n) is 3.30. The molecule has 0 saturated heterocycles. The fourth-order valence-electron chi connectivity index (χ4n) is 2.36. The van der Waals surface area contributed by atoms with Crippen LogP contribution in [-0.4, -0.2) is 16.0 Å². The highest BCUT2D eigenvalue weighted by Gasteiger charge is 2.12. The Kier molecular flexibility index (Phi) is 6.50. The van der Waals surface area contributed by atoms with E-state index in [9.17, 15) is 0 Å². The van der Waals surface area contributed by atoms with Gasteiger partial charge in [0.1, 0.15) is 5.82 Å². The number of anilines is 1. The van der Waals surface area contributed by atoms with Crippen LogP contribution in [0.15, 0.2) is 66.9 Å². The van der Waals surface area contributed by atoms with E-state index in [1.54, 1.807) is 6.20 Å². The van der Waals surface area contributed by atoms with E-state index in [2.05, 4.69) is 48.4 Å². The Hall–Kier alpha value is -2.68. The molecule has 0 aliphatic heterocycles. The summed E-state index contributed by atoms with van der Waals surface area (Å²) in [5.74, 6) is 0.800. The molecule has 0 aliphatic carbocycles. The molecule has 3 heteroatoms. The maximum atomic E-state index is 4.79. The normalized spacial score (nSPS) is 10.0. The second-order valence-electron chi connectivity index (χ2n) is 5.48. The third kappa shape index (κ3) is 4.42. The lowest BCUT2D eigenvalue weighted by molar-refractivity contribution is 0.886. The topological polar surface area (TPSA) is 37.8 Å². The van der Waals surface area contributed by atoms with Crippen molar-refractivity contribution in [2.45, 2.75) is 33.7 Å². The van der Waals surface area contributed by atoms with Gasteiger partial charge in [-0.15, -0.1) is 0 Å². The first-order valence-electron chi connectivity index (χ1n) is 8.48. The number of hydrogen-bond donors (Lipinski definition) is 1. The van der Waals surface area contributed by atoms with Gasteiger partial charge in [0.25, 0.3) is 0 Å². The van der Waals surface area contributed by atoms with Crippen molar-refractivity contribution in [2.24, 2.45) is 0 Å². The molecule has 0 bridgehead atoms. The van der Waals surface area contributed by atoms with E-state index in [-0.39, 0.29) is 0 Å². The minimum atomic E-state index is 0.320. The summed E-state index contributed by atoms with van der Waals surface area (Å²) in [6, 6.07) is 20.7. The molecule has 3 aromatic rings. The van der Waals surface area contributed by atoms with Crippen LogP contribution in [0.1, 0.15) is 27.7 Å². The summed E-state index contributed by atoms with van der Waals surface area (Å²) >= 11 is 0. The fourth-order valence-corrected chi connectivity index (χ4v) is 2.36. The Morgan fingerprint density at radius 3 is 1.75 bits per heavy atom. The smallest absolute Gasteiger partial charge is 0.145 e. The molecule has 0 aliphatic rings. The molecule has 0 saturated carbocycles.